The number of nitrogens with one attached hydrogen (secondary N) is 2. The summed E-state index contributed by atoms with van der Waals surface area (Å²) in [6.07, 6.45) is 0.951. The van der Waals surface area contributed by atoms with Crippen LogP contribution in [0.1, 0.15) is 25.8 Å². The molecule has 0 aliphatic carbocycles. The molecule has 0 aliphatic rings. The van der Waals surface area contributed by atoms with Gasteiger partial charge >= 0.3 is 0 Å². The summed E-state index contributed by atoms with van der Waals surface area (Å²) in [7, 11) is 1.91. The second kappa shape index (κ2) is 8.11. The molecule has 0 saturated heterocycles. The van der Waals surface area contributed by atoms with E-state index in [1.165, 1.54) is 0 Å². The highest BCUT2D eigenvalue weighted by atomic mass is 35.5. The van der Waals surface area contributed by atoms with Crippen molar-refractivity contribution in [1.82, 2.24) is 10.6 Å². The SMILES string of the molecule is CNCCCNC(=O)C(C)(C)c1ccccc1.Cl. The van der Waals surface area contributed by atoms with E-state index in [9.17, 15) is 4.79 Å². The molecule has 0 atom stereocenters. The minimum absolute atomic E-state index is 0. The molecule has 0 saturated carbocycles. The van der Waals surface area contributed by atoms with E-state index in [-0.39, 0.29) is 18.3 Å². The Morgan fingerprint density at radius 2 is 1.78 bits per heavy atom. The minimum atomic E-state index is -0.471. The van der Waals surface area contributed by atoms with Crippen LogP contribution in [-0.2, 0) is 10.2 Å². The van der Waals surface area contributed by atoms with Crippen molar-refractivity contribution in [2.75, 3.05) is 20.1 Å². The summed E-state index contributed by atoms with van der Waals surface area (Å²) in [6.45, 7) is 5.55. The zero-order valence-electron chi connectivity index (χ0n) is 11.3. The summed E-state index contributed by atoms with van der Waals surface area (Å²) in [6, 6.07) is 9.88. The average Bonchev–Trinajstić information content (AvgIpc) is 2.35. The number of halogens is 1. The number of benzene rings is 1. The first-order chi connectivity index (χ1) is 8.09. The highest BCUT2D eigenvalue weighted by Crippen LogP contribution is 2.22. The molecule has 0 aromatic heterocycles. The molecule has 1 aromatic rings. The van der Waals surface area contributed by atoms with E-state index in [0.717, 1.165) is 25.1 Å². The molecule has 0 spiro atoms. The van der Waals surface area contributed by atoms with Crippen LogP contribution in [0.15, 0.2) is 30.3 Å². The monoisotopic (exact) mass is 270 g/mol. The van der Waals surface area contributed by atoms with Gasteiger partial charge in [-0.25, -0.2) is 0 Å². The standard InChI is InChI=1S/C14H22N2O.ClH/c1-14(2,12-8-5-4-6-9-12)13(17)16-11-7-10-15-3;/h4-6,8-9,15H,7,10-11H2,1-3H3,(H,16,17);1H. The van der Waals surface area contributed by atoms with Crippen LogP contribution in [0.25, 0.3) is 0 Å². The van der Waals surface area contributed by atoms with Gasteiger partial charge in [-0.05, 0) is 39.4 Å². The van der Waals surface area contributed by atoms with Crippen molar-refractivity contribution < 1.29 is 4.79 Å². The van der Waals surface area contributed by atoms with Gasteiger partial charge in [-0.1, -0.05) is 30.3 Å². The summed E-state index contributed by atoms with van der Waals surface area (Å²) in [5.41, 5.74) is 0.576. The Hall–Kier alpha value is -1.06. The number of rotatable bonds is 6. The molecule has 18 heavy (non-hydrogen) atoms. The second-order valence-electron chi connectivity index (χ2n) is 4.70. The predicted molar refractivity (Wildman–Crippen MR) is 78.3 cm³/mol. The normalized spacial score (nSPS) is 10.6. The lowest BCUT2D eigenvalue weighted by Gasteiger charge is -2.24. The fourth-order valence-corrected chi connectivity index (χ4v) is 1.67. The Morgan fingerprint density at radius 1 is 1.17 bits per heavy atom. The average molecular weight is 271 g/mol. The van der Waals surface area contributed by atoms with Gasteiger partial charge in [0.05, 0.1) is 5.41 Å². The van der Waals surface area contributed by atoms with E-state index in [2.05, 4.69) is 10.6 Å². The van der Waals surface area contributed by atoms with Crippen molar-refractivity contribution in [3.8, 4) is 0 Å². The maximum Gasteiger partial charge on any atom is 0.230 e. The molecular formula is C14H23ClN2O. The highest BCUT2D eigenvalue weighted by Gasteiger charge is 2.28. The number of carbonyl (C=O) groups excluding carboxylic acids is 1. The van der Waals surface area contributed by atoms with Crippen molar-refractivity contribution in [1.29, 1.82) is 0 Å². The van der Waals surface area contributed by atoms with Crippen LogP contribution in [0, 0.1) is 0 Å². The van der Waals surface area contributed by atoms with Gasteiger partial charge in [-0.3, -0.25) is 4.79 Å². The Bertz CT molecular complexity index is 352. The summed E-state index contributed by atoms with van der Waals surface area (Å²) < 4.78 is 0. The molecule has 0 unspecified atom stereocenters. The Balaban J connectivity index is 0.00000289. The van der Waals surface area contributed by atoms with Gasteiger partial charge in [0.25, 0.3) is 0 Å². The summed E-state index contributed by atoms with van der Waals surface area (Å²) in [5.74, 6) is 0.0832. The lowest BCUT2D eigenvalue weighted by molar-refractivity contribution is -0.125. The van der Waals surface area contributed by atoms with E-state index in [1.54, 1.807) is 0 Å². The lowest BCUT2D eigenvalue weighted by Crippen LogP contribution is -2.40. The first-order valence-electron chi connectivity index (χ1n) is 6.07. The van der Waals surface area contributed by atoms with E-state index in [0.29, 0.717) is 0 Å². The van der Waals surface area contributed by atoms with Crippen molar-refractivity contribution >= 4 is 18.3 Å². The van der Waals surface area contributed by atoms with Crippen molar-refractivity contribution in [3.63, 3.8) is 0 Å². The first kappa shape index (κ1) is 16.9. The van der Waals surface area contributed by atoms with Gasteiger partial charge in [-0.2, -0.15) is 0 Å². The van der Waals surface area contributed by atoms with E-state index < -0.39 is 5.41 Å². The van der Waals surface area contributed by atoms with Gasteiger partial charge in [0, 0.05) is 6.54 Å². The molecule has 2 N–H and O–H groups in total. The van der Waals surface area contributed by atoms with Crippen LogP contribution in [-0.4, -0.2) is 26.0 Å². The third kappa shape index (κ3) is 4.67. The topological polar surface area (TPSA) is 41.1 Å². The smallest absolute Gasteiger partial charge is 0.230 e. The van der Waals surface area contributed by atoms with Gasteiger partial charge < -0.3 is 10.6 Å². The maximum atomic E-state index is 12.1. The number of carbonyl (C=O) groups is 1. The molecule has 0 bridgehead atoms. The molecule has 1 amide bonds. The van der Waals surface area contributed by atoms with Gasteiger partial charge in [0.15, 0.2) is 0 Å². The van der Waals surface area contributed by atoms with Crippen LogP contribution in [0.5, 0.6) is 0 Å². The molecular weight excluding hydrogens is 248 g/mol. The van der Waals surface area contributed by atoms with Crippen LogP contribution in [0.4, 0.5) is 0 Å². The van der Waals surface area contributed by atoms with Crippen molar-refractivity contribution in [2.24, 2.45) is 0 Å². The summed E-state index contributed by atoms with van der Waals surface area (Å²) in [4.78, 5) is 12.1. The van der Waals surface area contributed by atoms with E-state index in [1.807, 2.05) is 51.2 Å². The number of hydrogen-bond acceptors (Lipinski definition) is 2. The summed E-state index contributed by atoms with van der Waals surface area (Å²) >= 11 is 0. The summed E-state index contributed by atoms with van der Waals surface area (Å²) in [5, 5.41) is 6.04. The zero-order chi connectivity index (χ0) is 12.7. The third-order valence-corrected chi connectivity index (χ3v) is 2.95. The zero-order valence-corrected chi connectivity index (χ0v) is 12.1. The molecule has 0 fully saturated rings. The number of hydrogen-bond donors (Lipinski definition) is 2. The highest BCUT2D eigenvalue weighted by molar-refractivity contribution is 5.87. The fourth-order valence-electron chi connectivity index (χ4n) is 1.67. The van der Waals surface area contributed by atoms with Crippen LogP contribution < -0.4 is 10.6 Å². The molecule has 0 heterocycles. The Morgan fingerprint density at radius 3 is 2.33 bits per heavy atom. The van der Waals surface area contributed by atoms with Gasteiger partial charge in [0.2, 0.25) is 5.91 Å². The van der Waals surface area contributed by atoms with Crippen LogP contribution in [0.2, 0.25) is 0 Å². The lowest BCUT2D eigenvalue weighted by atomic mass is 9.84. The predicted octanol–water partition coefficient (Wildman–Crippen LogP) is 2.11. The first-order valence-corrected chi connectivity index (χ1v) is 6.07. The third-order valence-electron chi connectivity index (χ3n) is 2.95. The van der Waals surface area contributed by atoms with Crippen molar-refractivity contribution in [3.05, 3.63) is 35.9 Å². The number of amides is 1. The van der Waals surface area contributed by atoms with Gasteiger partial charge in [-0.15, -0.1) is 12.4 Å². The fraction of sp³-hybridized carbons (Fsp3) is 0.500. The second-order valence-corrected chi connectivity index (χ2v) is 4.70. The maximum absolute atomic E-state index is 12.1. The molecule has 3 nitrogen and oxygen atoms in total. The van der Waals surface area contributed by atoms with E-state index >= 15 is 0 Å². The van der Waals surface area contributed by atoms with Crippen LogP contribution >= 0.6 is 12.4 Å². The molecule has 4 heteroatoms. The minimum Gasteiger partial charge on any atom is -0.355 e. The largest absolute Gasteiger partial charge is 0.355 e. The molecule has 102 valence electrons. The van der Waals surface area contributed by atoms with Crippen LogP contribution in [0.3, 0.4) is 0 Å². The van der Waals surface area contributed by atoms with E-state index in [4.69, 9.17) is 0 Å². The quantitative estimate of drug-likeness (QED) is 0.778. The molecule has 0 aliphatic heterocycles. The van der Waals surface area contributed by atoms with Crippen molar-refractivity contribution in [2.45, 2.75) is 25.7 Å². The molecule has 1 rings (SSSR count). The molecule has 0 radical (unpaired) electrons. The Kier molecular flexibility index (Phi) is 7.64. The molecule has 1 aromatic carbocycles. The van der Waals surface area contributed by atoms with Gasteiger partial charge in [0.1, 0.15) is 0 Å². The Labute approximate surface area is 116 Å².